The molecule has 0 fully saturated rings. The molecule has 3 aromatic rings. The Balaban J connectivity index is 1.60. The Morgan fingerprint density at radius 3 is 2.61 bits per heavy atom. The fourth-order valence-electron chi connectivity index (χ4n) is 3.00. The summed E-state index contributed by atoms with van der Waals surface area (Å²) in [5.74, 6) is -0.357. The van der Waals surface area contributed by atoms with Gasteiger partial charge in [0.1, 0.15) is 0 Å². The van der Waals surface area contributed by atoms with Crippen LogP contribution in [0.5, 0.6) is 5.75 Å². The molecule has 1 heterocycles. The van der Waals surface area contributed by atoms with Gasteiger partial charge < -0.3 is 20.4 Å². The minimum atomic E-state index is -4.61. The van der Waals surface area contributed by atoms with Gasteiger partial charge in [0.05, 0.1) is 29.4 Å². The van der Waals surface area contributed by atoms with E-state index in [1.165, 1.54) is 19.1 Å². The number of carbonyl (C=O) groups excluding carboxylic acids is 2. The van der Waals surface area contributed by atoms with E-state index < -0.39 is 23.5 Å². The Morgan fingerprint density at radius 2 is 1.94 bits per heavy atom. The number of nitrogens with zero attached hydrogens (tertiary/aromatic N) is 1. The van der Waals surface area contributed by atoms with Crippen molar-refractivity contribution in [2.75, 3.05) is 24.3 Å². The Kier molecular flexibility index (Phi) is 6.33. The second-order valence-corrected chi connectivity index (χ2v) is 6.63. The predicted molar refractivity (Wildman–Crippen MR) is 109 cm³/mol. The Labute approximate surface area is 175 Å². The lowest BCUT2D eigenvalue weighted by molar-refractivity contribution is -0.138. The summed E-state index contributed by atoms with van der Waals surface area (Å²) < 4.78 is 44.1. The molecule has 0 unspecified atom stereocenters. The summed E-state index contributed by atoms with van der Waals surface area (Å²) >= 11 is 0. The van der Waals surface area contributed by atoms with E-state index in [0.717, 1.165) is 24.3 Å². The van der Waals surface area contributed by atoms with E-state index in [2.05, 4.69) is 25.9 Å². The maximum absolute atomic E-state index is 13.1. The smallest absolute Gasteiger partial charge is 0.420 e. The first-order valence-electron chi connectivity index (χ1n) is 9.22. The highest BCUT2D eigenvalue weighted by Crippen LogP contribution is 2.40. The van der Waals surface area contributed by atoms with Crippen molar-refractivity contribution >= 4 is 34.6 Å². The molecule has 0 aliphatic heterocycles. The molecule has 0 aliphatic rings. The minimum Gasteiger partial charge on any atom is -0.494 e. The number of ether oxygens (including phenoxy) is 1. The van der Waals surface area contributed by atoms with Gasteiger partial charge in [0.2, 0.25) is 11.9 Å². The van der Waals surface area contributed by atoms with Gasteiger partial charge in [-0.1, -0.05) is 12.1 Å². The van der Waals surface area contributed by atoms with Crippen LogP contribution in [-0.2, 0) is 17.4 Å². The molecule has 0 saturated carbocycles. The van der Waals surface area contributed by atoms with Crippen LogP contribution >= 0.6 is 0 Å². The molecular formula is C20H20F3N5O3. The number of rotatable bonds is 6. The zero-order valence-electron chi connectivity index (χ0n) is 16.7. The number of aromatic amines is 1. The number of halogens is 3. The number of alkyl halides is 3. The number of benzene rings is 2. The van der Waals surface area contributed by atoms with Crippen LogP contribution in [0.15, 0.2) is 36.4 Å². The number of carbonyl (C=O) groups is 2. The van der Waals surface area contributed by atoms with Gasteiger partial charge in [-0.2, -0.15) is 13.2 Å². The van der Waals surface area contributed by atoms with Crippen LogP contribution in [0.25, 0.3) is 11.0 Å². The van der Waals surface area contributed by atoms with Gasteiger partial charge in [-0.15, -0.1) is 0 Å². The molecule has 3 rings (SSSR count). The van der Waals surface area contributed by atoms with E-state index in [4.69, 9.17) is 4.74 Å². The predicted octanol–water partition coefficient (Wildman–Crippen LogP) is 3.91. The first-order valence-corrected chi connectivity index (χ1v) is 9.22. The molecule has 0 radical (unpaired) electrons. The summed E-state index contributed by atoms with van der Waals surface area (Å²) in [7, 11) is 1.11. The van der Waals surface area contributed by atoms with Crippen molar-refractivity contribution in [2.24, 2.45) is 0 Å². The standard InChI is InChI=1S/C20H20F3N5O3/c1-11(29)25-18-26-14-7-6-12(10-16(14)27-18)8-9-24-19(30)28-15-5-3-4-13(17(15)31-2)20(21,22)23/h3-7,10H,8-9H2,1-2H3,(H2,24,28,30)(H2,25,26,27,29). The topological polar surface area (TPSA) is 108 Å². The van der Waals surface area contributed by atoms with Gasteiger partial charge in [0.15, 0.2) is 5.75 Å². The number of aromatic nitrogens is 2. The molecule has 0 spiro atoms. The Hall–Kier alpha value is -3.76. The quantitative estimate of drug-likeness (QED) is 0.471. The summed E-state index contributed by atoms with van der Waals surface area (Å²) in [5, 5.41) is 7.54. The molecule has 4 N–H and O–H groups in total. The first kappa shape index (κ1) is 21.9. The number of nitrogens with one attached hydrogen (secondary N) is 4. The lowest BCUT2D eigenvalue weighted by Gasteiger charge is -2.16. The van der Waals surface area contributed by atoms with Gasteiger partial charge in [0.25, 0.3) is 0 Å². The normalized spacial score (nSPS) is 11.3. The fourth-order valence-corrected chi connectivity index (χ4v) is 3.00. The van der Waals surface area contributed by atoms with Crippen LogP contribution in [0, 0.1) is 0 Å². The second kappa shape index (κ2) is 8.94. The number of hydrogen-bond donors (Lipinski definition) is 4. The summed E-state index contributed by atoms with van der Waals surface area (Å²) in [6.45, 7) is 1.62. The average Bonchev–Trinajstić information content (AvgIpc) is 3.07. The van der Waals surface area contributed by atoms with Crippen molar-refractivity contribution in [1.82, 2.24) is 15.3 Å². The number of fused-ring (bicyclic) bond motifs is 1. The van der Waals surface area contributed by atoms with E-state index in [9.17, 15) is 22.8 Å². The van der Waals surface area contributed by atoms with Crippen LogP contribution in [0.1, 0.15) is 18.1 Å². The lowest BCUT2D eigenvalue weighted by Crippen LogP contribution is -2.30. The average molecular weight is 435 g/mol. The Morgan fingerprint density at radius 1 is 1.16 bits per heavy atom. The van der Waals surface area contributed by atoms with Crippen molar-refractivity contribution < 1.29 is 27.5 Å². The minimum absolute atomic E-state index is 0.0841. The zero-order valence-corrected chi connectivity index (χ0v) is 16.7. The number of imidazole rings is 1. The van der Waals surface area contributed by atoms with Crippen molar-refractivity contribution in [3.8, 4) is 5.75 Å². The van der Waals surface area contributed by atoms with Gasteiger partial charge in [-0.3, -0.25) is 10.1 Å². The summed E-state index contributed by atoms with van der Waals surface area (Å²) in [4.78, 5) is 30.5. The highest BCUT2D eigenvalue weighted by atomic mass is 19.4. The molecule has 0 aliphatic carbocycles. The van der Waals surface area contributed by atoms with E-state index in [0.29, 0.717) is 17.9 Å². The maximum Gasteiger partial charge on any atom is 0.420 e. The van der Waals surface area contributed by atoms with E-state index >= 15 is 0 Å². The highest BCUT2D eigenvalue weighted by Gasteiger charge is 2.35. The van der Waals surface area contributed by atoms with Gasteiger partial charge in [-0.05, 0) is 36.2 Å². The van der Waals surface area contributed by atoms with E-state index in [-0.39, 0.29) is 18.1 Å². The number of H-pyrrole nitrogens is 1. The lowest BCUT2D eigenvalue weighted by atomic mass is 10.1. The van der Waals surface area contributed by atoms with Crippen LogP contribution in [-0.4, -0.2) is 35.6 Å². The van der Waals surface area contributed by atoms with Crippen molar-refractivity contribution in [3.63, 3.8) is 0 Å². The number of methoxy groups -OCH3 is 1. The third-order valence-corrected chi connectivity index (χ3v) is 4.31. The molecular weight excluding hydrogens is 415 g/mol. The third-order valence-electron chi connectivity index (χ3n) is 4.31. The zero-order chi connectivity index (χ0) is 22.6. The van der Waals surface area contributed by atoms with Gasteiger partial charge in [0, 0.05) is 13.5 Å². The first-order chi connectivity index (χ1) is 14.7. The third kappa shape index (κ3) is 5.44. The molecule has 2 aromatic carbocycles. The van der Waals surface area contributed by atoms with Crippen molar-refractivity contribution in [3.05, 3.63) is 47.5 Å². The molecule has 31 heavy (non-hydrogen) atoms. The maximum atomic E-state index is 13.1. The number of anilines is 2. The molecule has 11 heteroatoms. The largest absolute Gasteiger partial charge is 0.494 e. The van der Waals surface area contributed by atoms with Crippen LogP contribution in [0.2, 0.25) is 0 Å². The molecule has 1 aromatic heterocycles. The summed E-state index contributed by atoms with van der Waals surface area (Å²) in [5.41, 5.74) is 1.23. The fraction of sp³-hybridized carbons (Fsp3) is 0.250. The summed E-state index contributed by atoms with van der Waals surface area (Å²) in [6.07, 6.45) is -4.14. The molecule has 0 saturated heterocycles. The monoisotopic (exact) mass is 435 g/mol. The van der Waals surface area contributed by atoms with E-state index in [1.807, 2.05) is 12.1 Å². The molecule has 0 atom stereocenters. The van der Waals surface area contributed by atoms with Crippen LogP contribution < -0.4 is 20.7 Å². The summed E-state index contributed by atoms with van der Waals surface area (Å²) in [6, 6.07) is 8.18. The van der Waals surface area contributed by atoms with E-state index in [1.54, 1.807) is 6.07 Å². The SMILES string of the molecule is COc1c(NC(=O)NCCc2ccc3nc(NC(C)=O)[nH]c3c2)cccc1C(F)(F)F. The number of urea groups is 1. The van der Waals surface area contributed by atoms with Crippen LogP contribution in [0.4, 0.5) is 29.6 Å². The van der Waals surface area contributed by atoms with Crippen LogP contribution in [0.3, 0.4) is 0 Å². The Bertz CT molecular complexity index is 1110. The molecule has 3 amide bonds. The number of hydrogen-bond acceptors (Lipinski definition) is 4. The highest BCUT2D eigenvalue weighted by molar-refractivity contribution is 5.91. The number of para-hydroxylation sites is 1. The molecule has 8 nitrogen and oxygen atoms in total. The van der Waals surface area contributed by atoms with Crippen molar-refractivity contribution in [2.45, 2.75) is 19.5 Å². The van der Waals surface area contributed by atoms with Gasteiger partial charge in [-0.25, -0.2) is 9.78 Å². The molecule has 0 bridgehead atoms. The molecule has 164 valence electrons. The van der Waals surface area contributed by atoms with Gasteiger partial charge >= 0.3 is 12.2 Å². The van der Waals surface area contributed by atoms with Crippen molar-refractivity contribution in [1.29, 1.82) is 0 Å². The number of amides is 3. The second-order valence-electron chi connectivity index (χ2n) is 6.63.